The number of carboxylic acid groups (broad SMARTS) is 1. The van der Waals surface area contributed by atoms with Crippen molar-refractivity contribution in [1.29, 1.82) is 0 Å². The van der Waals surface area contributed by atoms with Gasteiger partial charge in [0.1, 0.15) is 0 Å². The van der Waals surface area contributed by atoms with Gasteiger partial charge in [-0.1, -0.05) is 0 Å². The lowest BCUT2D eigenvalue weighted by Gasteiger charge is -2.01. The normalized spacial score (nSPS) is 11.0. The number of rotatable bonds is 0. The number of hydrogen-bond donors (Lipinski definition) is 1. The Morgan fingerprint density at radius 1 is 1.25 bits per heavy atom. The van der Waals surface area contributed by atoms with Gasteiger partial charge >= 0.3 is 6.09 Å². The van der Waals surface area contributed by atoms with E-state index in [1.54, 1.807) is 18.3 Å². The Bertz CT molecular complexity index is 704. The zero-order chi connectivity index (χ0) is 11.1. The fraction of sp³-hybridized carbons (Fsp3) is 0. The predicted octanol–water partition coefficient (Wildman–Crippen LogP) is 1.51. The Balaban J connectivity index is 2.63. The van der Waals surface area contributed by atoms with Crippen molar-refractivity contribution < 1.29 is 9.90 Å². The van der Waals surface area contributed by atoms with E-state index in [2.05, 4.69) is 15.2 Å². The lowest BCUT2D eigenvalue weighted by Crippen LogP contribution is -2.08. The highest BCUT2D eigenvalue weighted by molar-refractivity contribution is 6.06. The minimum absolute atomic E-state index is 0.481. The zero-order valence-corrected chi connectivity index (χ0v) is 8.03. The monoisotopic (exact) mass is 214 g/mol. The van der Waals surface area contributed by atoms with Crippen LogP contribution in [0.25, 0.3) is 21.9 Å². The van der Waals surface area contributed by atoms with Crippen molar-refractivity contribution in [3.05, 3.63) is 30.7 Å². The van der Waals surface area contributed by atoms with Crippen LogP contribution in [0.3, 0.4) is 0 Å². The average Bonchev–Trinajstić information content (AvgIpc) is 2.54. The fourth-order valence-corrected chi connectivity index (χ4v) is 1.70. The van der Waals surface area contributed by atoms with Crippen LogP contribution in [0.1, 0.15) is 0 Å². The maximum Gasteiger partial charge on any atom is 0.416 e. The number of carbonyl (C=O) groups is 1. The molecule has 3 rings (SSSR count). The molecule has 16 heavy (non-hydrogen) atoms. The second kappa shape index (κ2) is 2.99. The highest BCUT2D eigenvalue weighted by Gasteiger charge is 2.11. The summed E-state index contributed by atoms with van der Waals surface area (Å²) in [4.78, 5) is 15.0. The Kier molecular flexibility index (Phi) is 1.64. The summed E-state index contributed by atoms with van der Waals surface area (Å²) >= 11 is 0. The zero-order valence-electron chi connectivity index (χ0n) is 8.03. The molecule has 1 N–H and O–H groups in total. The second-order valence-corrected chi connectivity index (χ2v) is 3.29. The first-order chi connectivity index (χ1) is 7.77. The van der Waals surface area contributed by atoms with Crippen molar-refractivity contribution in [3.63, 3.8) is 0 Å². The highest BCUT2D eigenvalue weighted by atomic mass is 16.4. The summed E-state index contributed by atoms with van der Waals surface area (Å²) in [6.07, 6.45) is 3.44. The summed E-state index contributed by atoms with van der Waals surface area (Å²) in [5, 5.41) is 17.7. The van der Waals surface area contributed by atoms with Crippen LogP contribution in [0.4, 0.5) is 4.79 Å². The van der Waals surface area contributed by atoms with E-state index < -0.39 is 6.09 Å². The minimum Gasteiger partial charge on any atom is -0.464 e. The third kappa shape index (κ3) is 1.07. The molecule has 0 atom stereocenters. The second-order valence-electron chi connectivity index (χ2n) is 3.29. The molecule has 0 spiro atoms. The van der Waals surface area contributed by atoms with E-state index in [0.717, 1.165) is 4.57 Å². The predicted molar refractivity (Wildman–Crippen MR) is 56.3 cm³/mol. The Morgan fingerprint density at radius 2 is 2.00 bits per heavy atom. The van der Waals surface area contributed by atoms with E-state index in [1.165, 1.54) is 12.4 Å². The third-order valence-corrected chi connectivity index (χ3v) is 2.40. The van der Waals surface area contributed by atoms with Gasteiger partial charge in [0.15, 0.2) is 0 Å². The molecule has 0 unspecified atom stereocenters. The van der Waals surface area contributed by atoms with Gasteiger partial charge in [-0.3, -0.25) is 9.55 Å². The van der Waals surface area contributed by atoms with Crippen molar-refractivity contribution in [2.45, 2.75) is 0 Å². The van der Waals surface area contributed by atoms with Gasteiger partial charge in [-0.05, 0) is 12.1 Å². The Hall–Kier alpha value is -2.50. The molecule has 78 valence electrons. The van der Waals surface area contributed by atoms with Gasteiger partial charge in [-0.15, -0.1) is 10.2 Å². The first kappa shape index (κ1) is 8.78. The van der Waals surface area contributed by atoms with Crippen LogP contribution in [0.5, 0.6) is 0 Å². The van der Waals surface area contributed by atoms with Gasteiger partial charge in [0, 0.05) is 12.4 Å². The van der Waals surface area contributed by atoms with Crippen LogP contribution in [0, 0.1) is 0 Å². The molecule has 3 aromatic heterocycles. The number of hydrogen-bond acceptors (Lipinski definition) is 4. The van der Waals surface area contributed by atoms with Crippen LogP contribution in [-0.4, -0.2) is 30.9 Å². The first-order valence-electron chi connectivity index (χ1n) is 4.58. The topological polar surface area (TPSA) is 80.9 Å². The van der Waals surface area contributed by atoms with Crippen LogP contribution in [-0.2, 0) is 0 Å². The average molecular weight is 214 g/mol. The third-order valence-electron chi connectivity index (χ3n) is 2.40. The SMILES string of the molecule is O=C(O)n1ccc2nnc3ccncc1c32. The molecule has 0 aliphatic rings. The molecule has 6 heteroatoms. The number of nitrogens with zero attached hydrogens (tertiary/aromatic N) is 4. The molecule has 0 saturated heterocycles. The van der Waals surface area contributed by atoms with Crippen molar-refractivity contribution >= 4 is 28.0 Å². The smallest absolute Gasteiger partial charge is 0.416 e. The summed E-state index contributed by atoms with van der Waals surface area (Å²) in [6.45, 7) is 0. The summed E-state index contributed by atoms with van der Waals surface area (Å²) in [7, 11) is 0. The van der Waals surface area contributed by atoms with Gasteiger partial charge in [-0.25, -0.2) is 4.79 Å². The minimum atomic E-state index is -1.06. The lowest BCUT2D eigenvalue weighted by atomic mass is 10.2. The number of aromatic nitrogens is 4. The lowest BCUT2D eigenvalue weighted by molar-refractivity contribution is 0.197. The maximum absolute atomic E-state index is 11.0. The van der Waals surface area contributed by atoms with Gasteiger partial charge < -0.3 is 5.11 Å². The molecular formula is C10H6N4O2. The van der Waals surface area contributed by atoms with E-state index in [0.29, 0.717) is 21.9 Å². The summed E-state index contributed by atoms with van der Waals surface area (Å²) in [6, 6.07) is 3.32. The molecular weight excluding hydrogens is 208 g/mol. The Labute approximate surface area is 89.2 Å². The fourth-order valence-electron chi connectivity index (χ4n) is 1.70. The van der Waals surface area contributed by atoms with E-state index in [-0.39, 0.29) is 0 Å². The Morgan fingerprint density at radius 3 is 2.75 bits per heavy atom. The summed E-state index contributed by atoms with van der Waals surface area (Å²) in [5.74, 6) is 0. The van der Waals surface area contributed by atoms with E-state index in [4.69, 9.17) is 5.11 Å². The highest BCUT2D eigenvalue weighted by Crippen LogP contribution is 2.22. The van der Waals surface area contributed by atoms with Crippen LogP contribution >= 0.6 is 0 Å². The standard InChI is InChI=1S/C10H6N4O2/c15-10(16)14-4-2-7-9-6(12-13-7)1-3-11-5-8(9)14/h1-5H,(H,15,16). The largest absolute Gasteiger partial charge is 0.464 e. The number of pyridine rings is 1. The van der Waals surface area contributed by atoms with E-state index >= 15 is 0 Å². The van der Waals surface area contributed by atoms with Crippen LogP contribution in [0.15, 0.2) is 30.7 Å². The van der Waals surface area contributed by atoms with Gasteiger partial charge in [0.2, 0.25) is 0 Å². The summed E-state index contributed by atoms with van der Waals surface area (Å²) < 4.78 is 1.10. The van der Waals surface area contributed by atoms with Gasteiger partial charge in [0.05, 0.1) is 28.1 Å². The van der Waals surface area contributed by atoms with Crippen molar-refractivity contribution in [2.75, 3.05) is 0 Å². The van der Waals surface area contributed by atoms with Crippen LogP contribution < -0.4 is 0 Å². The molecule has 0 bridgehead atoms. The van der Waals surface area contributed by atoms with Gasteiger partial charge in [-0.2, -0.15) is 0 Å². The molecule has 0 radical (unpaired) electrons. The molecule has 0 aliphatic heterocycles. The van der Waals surface area contributed by atoms with Gasteiger partial charge in [0.25, 0.3) is 0 Å². The molecule has 0 aromatic carbocycles. The molecule has 0 amide bonds. The van der Waals surface area contributed by atoms with Crippen molar-refractivity contribution in [3.8, 4) is 0 Å². The first-order valence-corrected chi connectivity index (χ1v) is 4.58. The maximum atomic E-state index is 11.0. The van der Waals surface area contributed by atoms with Crippen molar-refractivity contribution in [1.82, 2.24) is 19.7 Å². The van der Waals surface area contributed by atoms with E-state index in [1.807, 2.05) is 0 Å². The van der Waals surface area contributed by atoms with Crippen LogP contribution in [0.2, 0.25) is 0 Å². The van der Waals surface area contributed by atoms with E-state index in [9.17, 15) is 4.79 Å². The molecule has 3 aromatic rings. The molecule has 0 aliphatic carbocycles. The quantitative estimate of drug-likeness (QED) is 0.613. The molecule has 3 heterocycles. The molecule has 0 saturated carbocycles. The summed E-state index contributed by atoms with van der Waals surface area (Å²) in [5.41, 5.74) is 1.79. The van der Waals surface area contributed by atoms with Crippen molar-refractivity contribution in [2.24, 2.45) is 0 Å². The molecule has 0 fully saturated rings. The molecule has 6 nitrogen and oxygen atoms in total.